The van der Waals surface area contributed by atoms with E-state index in [4.69, 9.17) is 9.52 Å². The molecular weight excluding hydrogens is 274 g/mol. The number of amides is 1. The fourth-order valence-corrected chi connectivity index (χ4v) is 3.82. The fraction of sp³-hybridized carbons (Fsp3) is 0.455. The van der Waals surface area contributed by atoms with E-state index in [1.54, 1.807) is 0 Å². The number of hydrogen-bond acceptors (Lipinski definition) is 5. The van der Waals surface area contributed by atoms with Gasteiger partial charge < -0.3 is 14.4 Å². The smallest absolute Gasteiger partial charge is 0.323 e. The first-order valence-electron chi connectivity index (χ1n) is 5.64. The van der Waals surface area contributed by atoms with Gasteiger partial charge in [-0.1, -0.05) is 0 Å². The normalized spacial score (nSPS) is 21.2. The van der Waals surface area contributed by atoms with Gasteiger partial charge in [0.15, 0.2) is 9.84 Å². The summed E-state index contributed by atoms with van der Waals surface area (Å²) in [5.41, 5.74) is 0.213. The third kappa shape index (κ3) is 3.14. The summed E-state index contributed by atoms with van der Waals surface area (Å²) >= 11 is 0. The molecule has 0 bridgehead atoms. The van der Waals surface area contributed by atoms with Gasteiger partial charge in [-0.15, -0.1) is 0 Å². The standard InChI is InChI=1S/C11H13NO6S/c13-10(14)5-12(9-2-4-19(16,17)7-9)11(15)8-1-3-18-6-8/h1,3,6,9H,2,4-5,7H2,(H,13,14). The van der Waals surface area contributed by atoms with E-state index in [1.165, 1.54) is 18.6 Å². The SMILES string of the molecule is O=C(O)CN(C(=O)c1ccoc1)C1CCS(=O)(=O)C1. The molecule has 1 amide bonds. The number of carboxylic acid groups (broad SMARTS) is 1. The molecule has 1 fully saturated rings. The van der Waals surface area contributed by atoms with Gasteiger partial charge in [0.2, 0.25) is 0 Å². The Hall–Kier alpha value is -1.83. The zero-order chi connectivity index (χ0) is 14.0. The number of furan rings is 1. The maximum atomic E-state index is 12.1. The number of rotatable bonds is 4. The van der Waals surface area contributed by atoms with Crippen LogP contribution in [0.2, 0.25) is 0 Å². The number of nitrogens with zero attached hydrogens (tertiary/aromatic N) is 1. The summed E-state index contributed by atoms with van der Waals surface area (Å²) in [5, 5.41) is 8.85. The Morgan fingerprint density at radius 1 is 1.47 bits per heavy atom. The molecule has 1 saturated heterocycles. The summed E-state index contributed by atoms with van der Waals surface area (Å²) in [6.45, 7) is -0.524. The first kappa shape index (κ1) is 13.6. The summed E-state index contributed by atoms with van der Waals surface area (Å²) in [5.74, 6) is -1.92. The molecule has 7 nitrogen and oxygen atoms in total. The molecule has 2 rings (SSSR count). The largest absolute Gasteiger partial charge is 0.480 e. The first-order valence-corrected chi connectivity index (χ1v) is 7.46. The highest BCUT2D eigenvalue weighted by Crippen LogP contribution is 2.20. The zero-order valence-corrected chi connectivity index (χ0v) is 10.8. The minimum Gasteiger partial charge on any atom is -0.480 e. The average molecular weight is 287 g/mol. The van der Waals surface area contributed by atoms with Crippen molar-refractivity contribution in [2.45, 2.75) is 12.5 Å². The monoisotopic (exact) mass is 287 g/mol. The number of aliphatic carboxylic acids is 1. The molecule has 1 unspecified atom stereocenters. The van der Waals surface area contributed by atoms with E-state index in [1.807, 2.05) is 0 Å². The second-order valence-electron chi connectivity index (χ2n) is 4.40. The Balaban J connectivity index is 2.21. The van der Waals surface area contributed by atoms with Crippen LogP contribution < -0.4 is 0 Å². The van der Waals surface area contributed by atoms with E-state index >= 15 is 0 Å². The van der Waals surface area contributed by atoms with Crippen molar-refractivity contribution < 1.29 is 27.5 Å². The Bertz CT molecular complexity index is 576. The van der Waals surface area contributed by atoms with Crippen LogP contribution in [-0.2, 0) is 14.6 Å². The minimum absolute atomic E-state index is 0.0214. The van der Waals surface area contributed by atoms with Crippen molar-refractivity contribution >= 4 is 21.7 Å². The van der Waals surface area contributed by atoms with Crippen molar-refractivity contribution in [3.05, 3.63) is 24.2 Å². The second-order valence-corrected chi connectivity index (χ2v) is 6.62. The van der Waals surface area contributed by atoms with E-state index in [-0.39, 0.29) is 23.5 Å². The number of sulfone groups is 1. The van der Waals surface area contributed by atoms with Gasteiger partial charge in [0.05, 0.1) is 23.3 Å². The van der Waals surface area contributed by atoms with Crippen molar-refractivity contribution in [3.8, 4) is 0 Å². The van der Waals surface area contributed by atoms with Crippen LogP contribution in [0.4, 0.5) is 0 Å². The van der Waals surface area contributed by atoms with Crippen LogP contribution in [0, 0.1) is 0 Å². The lowest BCUT2D eigenvalue weighted by Crippen LogP contribution is -2.44. The fourth-order valence-electron chi connectivity index (χ4n) is 2.09. The van der Waals surface area contributed by atoms with Gasteiger partial charge in [0.1, 0.15) is 12.8 Å². The maximum Gasteiger partial charge on any atom is 0.323 e. The van der Waals surface area contributed by atoms with Crippen LogP contribution in [-0.4, -0.2) is 54.4 Å². The third-order valence-electron chi connectivity index (χ3n) is 2.98. The summed E-state index contributed by atoms with van der Waals surface area (Å²) in [6, 6.07) is 0.823. The van der Waals surface area contributed by atoms with Crippen LogP contribution in [0.5, 0.6) is 0 Å². The van der Waals surface area contributed by atoms with Gasteiger partial charge >= 0.3 is 5.97 Å². The molecule has 0 aliphatic carbocycles. The third-order valence-corrected chi connectivity index (χ3v) is 4.73. The van der Waals surface area contributed by atoms with Gasteiger partial charge in [-0.25, -0.2) is 8.42 Å². The highest BCUT2D eigenvalue weighted by atomic mass is 32.2. The van der Waals surface area contributed by atoms with Crippen molar-refractivity contribution in [1.29, 1.82) is 0 Å². The van der Waals surface area contributed by atoms with Crippen LogP contribution >= 0.6 is 0 Å². The number of carbonyl (C=O) groups is 2. The molecule has 1 aromatic rings. The number of carbonyl (C=O) groups excluding carboxylic acids is 1. The predicted molar refractivity (Wildman–Crippen MR) is 64.4 cm³/mol. The zero-order valence-electron chi connectivity index (χ0n) is 9.98. The molecular formula is C11H13NO6S. The topological polar surface area (TPSA) is 105 Å². The van der Waals surface area contributed by atoms with Crippen molar-refractivity contribution in [2.24, 2.45) is 0 Å². The Labute approximate surface area is 109 Å². The van der Waals surface area contributed by atoms with E-state index in [0.717, 1.165) is 4.90 Å². The molecule has 1 aromatic heterocycles. The van der Waals surface area contributed by atoms with E-state index in [0.29, 0.717) is 0 Å². The summed E-state index contributed by atoms with van der Waals surface area (Å²) < 4.78 is 27.7. The summed E-state index contributed by atoms with van der Waals surface area (Å²) in [7, 11) is -3.19. The molecule has 0 saturated carbocycles. The maximum absolute atomic E-state index is 12.1. The summed E-state index contributed by atoms with van der Waals surface area (Å²) in [4.78, 5) is 24.1. The molecule has 104 valence electrons. The van der Waals surface area contributed by atoms with E-state index in [9.17, 15) is 18.0 Å². The molecule has 1 aliphatic heterocycles. The molecule has 1 N–H and O–H groups in total. The van der Waals surface area contributed by atoms with Crippen LogP contribution in [0.3, 0.4) is 0 Å². The van der Waals surface area contributed by atoms with Crippen molar-refractivity contribution in [2.75, 3.05) is 18.1 Å². The van der Waals surface area contributed by atoms with Crippen molar-refractivity contribution in [1.82, 2.24) is 4.90 Å². The highest BCUT2D eigenvalue weighted by molar-refractivity contribution is 7.91. The molecule has 1 aliphatic rings. The lowest BCUT2D eigenvalue weighted by atomic mass is 10.2. The van der Waals surface area contributed by atoms with Gasteiger partial charge in [-0.05, 0) is 12.5 Å². The highest BCUT2D eigenvalue weighted by Gasteiger charge is 2.36. The molecule has 0 aromatic carbocycles. The molecule has 0 spiro atoms. The van der Waals surface area contributed by atoms with Crippen molar-refractivity contribution in [3.63, 3.8) is 0 Å². The minimum atomic E-state index is -3.19. The predicted octanol–water partition coefficient (Wildman–Crippen LogP) is -0.00650. The lowest BCUT2D eigenvalue weighted by Gasteiger charge is -2.25. The molecule has 1 atom stereocenters. The lowest BCUT2D eigenvalue weighted by molar-refractivity contribution is -0.138. The molecule has 0 radical (unpaired) electrons. The quantitative estimate of drug-likeness (QED) is 0.835. The molecule has 19 heavy (non-hydrogen) atoms. The number of hydrogen-bond donors (Lipinski definition) is 1. The van der Waals surface area contributed by atoms with E-state index < -0.39 is 34.3 Å². The second kappa shape index (κ2) is 5.04. The van der Waals surface area contributed by atoms with Gasteiger partial charge in [0.25, 0.3) is 5.91 Å². The van der Waals surface area contributed by atoms with Crippen LogP contribution in [0.1, 0.15) is 16.8 Å². The van der Waals surface area contributed by atoms with Gasteiger partial charge in [-0.3, -0.25) is 9.59 Å². The first-order chi connectivity index (χ1) is 8.89. The van der Waals surface area contributed by atoms with Gasteiger partial charge in [0, 0.05) is 6.04 Å². The average Bonchev–Trinajstić information content (AvgIpc) is 2.94. The van der Waals surface area contributed by atoms with Crippen LogP contribution in [0.25, 0.3) is 0 Å². The Morgan fingerprint density at radius 3 is 2.68 bits per heavy atom. The Kier molecular flexibility index (Phi) is 3.61. The Morgan fingerprint density at radius 2 is 2.21 bits per heavy atom. The van der Waals surface area contributed by atoms with Crippen LogP contribution in [0.15, 0.2) is 23.0 Å². The van der Waals surface area contributed by atoms with E-state index in [2.05, 4.69) is 0 Å². The summed E-state index contributed by atoms with van der Waals surface area (Å²) in [6.07, 6.45) is 2.78. The molecule has 2 heterocycles. The molecule has 8 heteroatoms. The van der Waals surface area contributed by atoms with Gasteiger partial charge in [-0.2, -0.15) is 0 Å². The number of carboxylic acids is 1.